The number of nitrogens with zero attached hydrogens (tertiary/aromatic N) is 3. The molecule has 0 bridgehead atoms. The van der Waals surface area contributed by atoms with Gasteiger partial charge >= 0.3 is 0 Å². The molecular weight excluding hydrogens is 322 g/mol. The maximum atomic E-state index is 12.5. The topological polar surface area (TPSA) is 60.9 Å². The number of piperidine rings is 1. The zero-order chi connectivity index (χ0) is 15.6. The summed E-state index contributed by atoms with van der Waals surface area (Å²) in [7, 11) is -3.30. The summed E-state index contributed by atoms with van der Waals surface area (Å²) in [4.78, 5) is 14.5. The van der Waals surface area contributed by atoms with Crippen LogP contribution in [0.15, 0.2) is 0 Å². The van der Waals surface area contributed by atoms with Crippen molar-refractivity contribution in [3.8, 4) is 0 Å². The Morgan fingerprint density at radius 2 is 1.41 bits per heavy atom. The highest BCUT2D eigenvalue weighted by atomic mass is 32.2. The smallest absolute Gasteiger partial charge is 0.281 e. The normalized spacial score (nSPS) is 26.5. The predicted molar refractivity (Wildman–Crippen MR) is 87.9 cm³/mol. The quantitative estimate of drug-likeness (QED) is 0.751. The fraction of sp³-hybridized carbons (Fsp3) is 0.929. The third kappa shape index (κ3) is 3.44. The maximum Gasteiger partial charge on any atom is 0.281 e. The first-order valence-corrected chi connectivity index (χ1v) is 10.8. The Hall–Kier alpha value is -0.310. The van der Waals surface area contributed by atoms with Crippen LogP contribution in [0.25, 0.3) is 0 Å². The first kappa shape index (κ1) is 16.5. The van der Waals surface area contributed by atoms with E-state index in [1.54, 1.807) is 8.61 Å². The second-order valence-electron chi connectivity index (χ2n) is 6.22. The van der Waals surface area contributed by atoms with Crippen LogP contribution in [-0.2, 0) is 15.0 Å². The summed E-state index contributed by atoms with van der Waals surface area (Å²) in [6.07, 6.45) is 3.24. The SMILES string of the molecule is O=C(C1CCN(S(=O)(=O)N2CCCC2)CC1)N1CCSCC1. The Kier molecular flexibility index (Phi) is 5.31. The minimum absolute atomic E-state index is 0.00753. The van der Waals surface area contributed by atoms with Gasteiger partial charge in [0.2, 0.25) is 5.91 Å². The molecule has 3 fully saturated rings. The maximum absolute atomic E-state index is 12.5. The summed E-state index contributed by atoms with van der Waals surface area (Å²) < 4.78 is 28.2. The van der Waals surface area contributed by atoms with E-state index in [-0.39, 0.29) is 11.8 Å². The lowest BCUT2D eigenvalue weighted by Crippen LogP contribution is -2.49. The van der Waals surface area contributed by atoms with Crippen molar-refractivity contribution in [3.05, 3.63) is 0 Å². The van der Waals surface area contributed by atoms with Crippen LogP contribution >= 0.6 is 11.8 Å². The van der Waals surface area contributed by atoms with E-state index in [1.807, 2.05) is 16.7 Å². The minimum atomic E-state index is -3.30. The molecule has 126 valence electrons. The standard InChI is InChI=1S/C14H25N3O3S2/c18-14(15-9-11-21-12-10-15)13-3-7-17(8-4-13)22(19,20)16-5-1-2-6-16/h13H,1-12H2. The molecule has 0 aromatic heterocycles. The molecule has 0 saturated carbocycles. The van der Waals surface area contributed by atoms with Gasteiger partial charge in [0.25, 0.3) is 10.2 Å². The average Bonchev–Trinajstić information content (AvgIpc) is 3.10. The summed E-state index contributed by atoms with van der Waals surface area (Å²) >= 11 is 1.89. The van der Waals surface area contributed by atoms with Crippen LogP contribution in [0, 0.1) is 5.92 Å². The highest BCUT2D eigenvalue weighted by Crippen LogP contribution is 2.25. The molecule has 0 atom stereocenters. The molecule has 0 aliphatic carbocycles. The van der Waals surface area contributed by atoms with Crippen LogP contribution in [0.5, 0.6) is 0 Å². The zero-order valence-corrected chi connectivity index (χ0v) is 14.6. The highest BCUT2D eigenvalue weighted by Gasteiger charge is 2.36. The van der Waals surface area contributed by atoms with Gasteiger partial charge in [-0.3, -0.25) is 4.79 Å². The van der Waals surface area contributed by atoms with E-state index in [4.69, 9.17) is 0 Å². The van der Waals surface area contributed by atoms with E-state index in [0.29, 0.717) is 39.0 Å². The van der Waals surface area contributed by atoms with Gasteiger partial charge in [0.05, 0.1) is 0 Å². The van der Waals surface area contributed by atoms with Gasteiger partial charge < -0.3 is 4.90 Å². The van der Waals surface area contributed by atoms with Gasteiger partial charge in [-0.05, 0) is 25.7 Å². The van der Waals surface area contributed by atoms with E-state index < -0.39 is 10.2 Å². The van der Waals surface area contributed by atoms with E-state index in [1.165, 1.54) is 0 Å². The number of hydrogen-bond donors (Lipinski definition) is 0. The Bertz CT molecular complexity index is 491. The van der Waals surface area contributed by atoms with Crippen LogP contribution in [0.4, 0.5) is 0 Å². The zero-order valence-electron chi connectivity index (χ0n) is 12.9. The minimum Gasteiger partial charge on any atom is -0.341 e. The van der Waals surface area contributed by atoms with Gasteiger partial charge in [-0.25, -0.2) is 0 Å². The molecule has 6 nitrogen and oxygen atoms in total. The predicted octanol–water partition coefficient (Wildman–Crippen LogP) is 0.614. The van der Waals surface area contributed by atoms with Gasteiger partial charge in [-0.2, -0.15) is 28.8 Å². The van der Waals surface area contributed by atoms with E-state index in [0.717, 1.165) is 37.4 Å². The van der Waals surface area contributed by atoms with Gasteiger partial charge in [-0.1, -0.05) is 0 Å². The molecule has 0 aromatic carbocycles. The lowest BCUT2D eigenvalue weighted by molar-refractivity contribution is -0.136. The summed E-state index contributed by atoms with van der Waals surface area (Å²) in [5, 5.41) is 0. The number of rotatable bonds is 3. The molecule has 0 radical (unpaired) electrons. The van der Waals surface area contributed by atoms with Gasteiger partial charge in [0, 0.05) is 56.7 Å². The molecular formula is C14H25N3O3S2. The lowest BCUT2D eigenvalue weighted by atomic mass is 9.96. The Morgan fingerprint density at radius 1 is 0.864 bits per heavy atom. The number of hydrogen-bond acceptors (Lipinski definition) is 4. The van der Waals surface area contributed by atoms with Crippen LogP contribution < -0.4 is 0 Å². The third-order valence-corrected chi connectivity index (χ3v) is 7.82. The van der Waals surface area contributed by atoms with Crippen LogP contribution in [-0.4, -0.2) is 78.6 Å². The number of carbonyl (C=O) groups excluding carboxylic acids is 1. The van der Waals surface area contributed by atoms with Crippen molar-refractivity contribution in [3.63, 3.8) is 0 Å². The van der Waals surface area contributed by atoms with Gasteiger partial charge in [0.15, 0.2) is 0 Å². The third-order valence-electron chi connectivity index (χ3n) is 4.84. The fourth-order valence-corrected chi connectivity index (χ4v) is 6.08. The largest absolute Gasteiger partial charge is 0.341 e. The van der Waals surface area contributed by atoms with Gasteiger partial charge in [0.1, 0.15) is 0 Å². The molecule has 8 heteroatoms. The molecule has 3 heterocycles. The molecule has 3 aliphatic rings. The van der Waals surface area contributed by atoms with Gasteiger partial charge in [-0.15, -0.1) is 0 Å². The van der Waals surface area contributed by atoms with Crippen molar-refractivity contribution in [1.29, 1.82) is 0 Å². The lowest BCUT2D eigenvalue weighted by Gasteiger charge is -2.36. The van der Waals surface area contributed by atoms with Crippen molar-refractivity contribution in [2.24, 2.45) is 5.92 Å². The highest BCUT2D eigenvalue weighted by molar-refractivity contribution is 7.99. The van der Waals surface area contributed by atoms with Crippen molar-refractivity contribution in [2.75, 3.05) is 50.8 Å². The molecule has 0 spiro atoms. The summed E-state index contributed by atoms with van der Waals surface area (Å²) in [5.41, 5.74) is 0. The van der Waals surface area contributed by atoms with Crippen LogP contribution in [0.3, 0.4) is 0 Å². The van der Waals surface area contributed by atoms with Crippen molar-refractivity contribution >= 4 is 27.9 Å². The van der Waals surface area contributed by atoms with E-state index in [9.17, 15) is 13.2 Å². The first-order chi connectivity index (χ1) is 10.6. The van der Waals surface area contributed by atoms with Crippen molar-refractivity contribution < 1.29 is 13.2 Å². The fourth-order valence-electron chi connectivity index (χ4n) is 3.46. The summed E-state index contributed by atoms with van der Waals surface area (Å²) in [6.45, 7) is 3.94. The second-order valence-corrected chi connectivity index (χ2v) is 9.38. The molecule has 22 heavy (non-hydrogen) atoms. The van der Waals surface area contributed by atoms with Crippen molar-refractivity contribution in [2.45, 2.75) is 25.7 Å². The van der Waals surface area contributed by atoms with E-state index >= 15 is 0 Å². The molecule has 0 aromatic rings. The Labute approximate surface area is 137 Å². The number of carbonyl (C=O) groups is 1. The molecule has 3 saturated heterocycles. The Balaban J connectivity index is 1.54. The van der Waals surface area contributed by atoms with Crippen molar-refractivity contribution in [1.82, 2.24) is 13.5 Å². The molecule has 0 N–H and O–H groups in total. The van der Waals surface area contributed by atoms with Crippen LogP contribution in [0.2, 0.25) is 0 Å². The first-order valence-electron chi connectivity index (χ1n) is 8.21. The Morgan fingerprint density at radius 3 is 2.00 bits per heavy atom. The number of thioether (sulfide) groups is 1. The molecule has 3 rings (SSSR count). The molecule has 0 unspecified atom stereocenters. The average molecular weight is 348 g/mol. The number of amides is 1. The van der Waals surface area contributed by atoms with Crippen LogP contribution in [0.1, 0.15) is 25.7 Å². The van der Waals surface area contributed by atoms with E-state index in [2.05, 4.69) is 0 Å². The molecule has 1 amide bonds. The summed E-state index contributed by atoms with van der Waals surface area (Å²) in [5.74, 6) is 2.29. The molecule has 3 aliphatic heterocycles. The monoisotopic (exact) mass is 347 g/mol. The summed E-state index contributed by atoms with van der Waals surface area (Å²) in [6, 6.07) is 0. The second kappa shape index (κ2) is 7.07.